The van der Waals surface area contributed by atoms with Crippen molar-refractivity contribution in [1.82, 2.24) is 4.98 Å². The minimum Gasteiger partial charge on any atom is -0.320 e. The molecule has 0 atom stereocenters. The van der Waals surface area contributed by atoms with Gasteiger partial charge in [-0.2, -0.15) is 0 Å². The van der Waals surface area contributed by atoms with E-state index < -0.39 is 0 Å². The molecule has 4 nitrogen and oxygen atoms in total. The Labute approximate surface area is 124 Å². The number of carbonyl (C=O) groups is 1. The van der Waals surface area contributed by atoms with Crippen LogP contribution in [-0.4, -0.2) is 17.4 Å². The van der Waals surface area contributed by atoms with E-state index in [1.165, 1.54) is 5.56 Å². The second kappa shape index (κ2) is 7.22. The fourth-order valence-electron chi connectivity index (χ4n) is 1.79. The number of benzene rings is 1. The van der Waals surface area contributed by atoms with Crippen molar-refractivity contribution in [3.63, 3.8) is 0 Å². The van der Waals surface area contributed by atoms with Crippen LogP contribution >= 0.6 is 0 Å². The molecule has 0 fully saturated rings. The van der Waals surface area contributed by atoms with Crippen molar-refractivity contribution in [2.45, 2.75) is 13.3 Å². The van der Waals surface area contributed by atoms with E-state index in [-0.39, 0.29) is 12.5 Å². The summed E-state index contributed by atoms with van der Waals surface area (Å²) >= 11 is 0. The molecule has 2 rings (SSSR count). The second-order valence-electron chi connectivity index (χ2n) is 4.62. The van der Waals surface area contributed by atoms with Crippen molar-refractivity contribution in [3.8, 4) is 11.8 Å². The molecule has 0 aliphatic carbocycles. The SMILES string of the molecule is Cc1ccc(CC(=O)Nc2cccc(C#CCN)n2)cc1. The standard InChI is InChI=1S/C17H17N3O/c1-13-7-9-14(10-8-13)12-17(21)20-16-6-2-4-15(19-16)5-3-11-18/h2,4,6-10H,11-12,18H2,1H3,(H,19,20,21). The maximum atomic E-state index is 12.0. The van der Waals surface area contributed by atoms with E-state index in [0.29, 0.717) is 17.9 Å². The number of carbonyl (C=O) groups excluding carboxylic acids is 1. The highest BCUT2D eigenvalue weighted by Gasteiger charge is 2.05. The van der Waals surface area contributed by atoms with E-state index in [0.717, 1.165) is 5.56 Å². The summed E-state index contributed by atoms with van der Waals surface area (Å²) in [5.74, 6) is 5.96. The number of hydrogen-bond acceptors (Lipinski definition) is 3. The summed E-state index contributed by atoms with van der Waals surface area (Å²) in [6.07, 6.45) is 0.320. The quantitative estimate of drug-likeness (QED) is 0.843. The van der Waals surface area contributed by atoms with Crippen LogP contribution in [0.4, 0.5) is 5.82 Å². The lowest BCUT2D eigenvalue weighted by molar-refractivity contribution is -0.115. The number of nitrogens with zero attached hydrogens (tertiary/aromatic N) is 1. The highest BCUT2D eigenvalue weighted by atomic mass is 16.1. The van der Waals surface area contributed by atoms with Gasteiger partial charge in [0.15, 0.2) is 0 Å². The molecule has 1 aromatic carbocycles. The zero-order valence-corrected chi connectivity index (χ0v) is 11.9. The lowest BCUT2D eigenvalue weighted by Crippen LogP contribution is -2.15. The Balaban J connectivity index is 2.00. The van der Waals surface area contributed by atoms with Crippen LogP contribution in [0, 0.1) is 18.8 Å². The van der Waals surface area contributed by atoms with Crippen LogP contribution in [0.5, 0.6) is 0 Å². The Morgan fingerprint density at radius 1 is 1.24 bits per heavy atom. The molecule has 4 heteroatoms. The van der Waals surface area contributed by atoms with Gasteiger partial charge in [0.05, 0.1) is 13.0 Å². The number of hydrogen-bond donors (Lipinski definition) is 2. The van der Waals surface area contributed by atoms with Crippen LogP contribution < -0.4 is 11.1 Å². The minimum absolute atomic E-state index is 0.102. The molecule has 106 valence electrons. The zero-order valence-electron chi connectivity index (χ0n) is 11.9. The molecule has 0 saturated carbocycles. The average Bonchev–Trinajstić information content (AvgIpc) is 2.48. The first kappa shape index (κ1) is 14.8. The van der Waals surface area contributed by atoms with Crippen molar-refractivity contribution in [2.24, 2.45) is 5.73 Å². The molecule has 0 aliphatic heterocycles. The van der Waals surface area contributed by atoms with Gasteiger partial charge in [0, 0.05) is 0 Å². The Bertz CT molecular complexity index is 681. The molecule has 0 unspecified atom stereocenters. The van der Waals surface area contributed by atoms with E-state index in [1.54, 1.807) is 18.2 Å². The van der Waals surface area contributed by atoms with Crippen molar-refractivity contribution >= 4 is 11.7 Å². The number of nitrogens with one attached hydrogen (secondary N) is 1. The molecule has 0 saturated heterocycles. The number of anilines is 1. The number of nitrogens with two attached hydrogens (primary N) is 1. The summed E-state index contributed by atoms with van der Waals surface area (Å²) in [5, 5.41) is 2.77. The zero-order chi connectivity index (χ0) is 15.1. The van der Waals surface area contributed by atoms with Gasteiger partial charge in [0.1, 0.15) is 11.5 Å². The first-order chi connectivity index (χ1) is 10.2. The molecule has 2 aromatic rings. The largest absolute Gasteiger partial charge is 0.320 e. The third-order valence-electron chi connectivity index (χ3n) is 2.82. The van der Waals surface area contributed by atoms with Gasteiger partial charge in [-0.1, -0.05) is 41.8 Å². The van der Waals surface area contributed by atoms with E-state index in [1.807, 2.05) is 31.2 Å². The Hall–Kier alpha value is -2.64. The molecule has 1 heterocycles. The molecular formula is C17H17N3O. The van der Waals surface area contributed by atoms with Gasteiger partial charge in [-0.15, -0.1) is 0 Å². The maximum absolute atomic E-state index is 12.0. The third-order valence-corrected chi connectivity index (χ3v) is 2.82. The number of aromatic nitrogens is 1. The summed E-state index contributed by atoms with van der Waals surface area (Å²) in [7, 11) is 0. The van der Waals surface area contributed by atoms with Gasteiger partial charge in [0.2, 0.25) is 5.91 Å². The molecule has 0 spiro atoms. The Morgan fingerprint density at radius 2 is 2.00 bits per heavy atom. The van der Waals surface area contributed by atoms with Gasteiger partial charge in [-0.25, -0.2) is 4.98 Å². The van der Waals surface area contributed by atoms with Crippen molar-refractivity contribution in [1.29, 1.82) is 0 Å². The molecule has 0 aliphatic rings. The predicted molar refractivity (Wildman–Crippen MR) is 83.7 cm³/mol. The third kappa shape index (κ3) is 4.75. The van der Waals surface area contributed by atoms with Gasteiger partial charge < -0.3 is 11.1 Å². The summed E-state index contributed by atoms with van der Waals surface area (Å²) in [5.41, 5.74) is 8.05. The van der Waals surface area contributed by atoms with Crippen molar-refractivity contribution < 1.29 is 4.79 Å². The van der Waals surface area contributed by atoms with Gasteiger partial charge in [0.25, 0.3) is 0 Å². The first-order valence-electron chi connectivity index (χ1n) is 6.69. The van der Waals surface area contributed by atoms with Crippen LogP contribution in [0.3, 0.4) is 0 Å². The Morgan fingerprint density at radius 3 is 2.71 bits per heavy atom. The number of rotatable bonds is 3. The van der Waals surface area contributed by atoms with Crippen molar-refractivity contribution in [3.05, 3.63) is 59.3 Å². The monoisotopic (exact) mass is 279 g/mol. The van der Waals surface area contributed by atoms with Crippen LogP contribution in [0.15, 0.2) is 42.5 Å². The van der Waals surface area contributed by atoms with E-state index in [9.17, 15) is 4.79 Å². The minimum atomic E-state index is -0.102. The summed E-state index contributed by atoms with van der Waals surface area (Å²) < 4.78 is 0. The molecule has 0 radical (unpaired) electrons. The lowest BCUT2D eigenvalue weighted by Gasteiger charge is -2.05. The fourth-order valence-corrected chi connectivity index (χ4v) is 1.79. The average molecular weight is 279 g/mol. The summed E-state index contributed by atoms with van der Waals surface area (Å²) in [6.45, 7) is 2.30. The normalized spacial score (nSPS) is 9.62. The van der Waals surface area contributed by atoms with Gasteiger partial charge in [-0.3, -0.25) is 4.79 Å². The fraction of sp³-hybridized carbons (Fsp3) is 0.176. The summed E-state index contributed by atoms with van der Waals surface area (Å²) in [4.78, 5) is 16.2. The number of aryl methyl sites for hydroxylation is 1. The molecular weight excluding hydrogens is 262 g/mol. The maximum Gasteiger partial charge on any atom is 0.229 e. The molecule has 1 aromatic heterocycles. The topological polar surface area (TPSA) is 68.0 Å². The molecule has 3 N–H and O–H groups in total. The van der Waals surface area contributed by atoms with Gasteiger partial charge in [-0.05, 0) is 30.5 Å². The summed E-state index contributed by atoms with van der Waals surface area (Å²) in [6, 6.07) is 13.2. The van der Waals surface area contributed by atoms with E-state index >= 15 is 0 Å². The van der Waals surface area contributed by atoms with Crippen LogP contribution in [0.25, 0.3) is 0 Å². The second-order valence-corrected chi connectivity index (χ2v) is 4.62. The highest BCUT2D eigenvalue weighted by molar-refractivity contribution is 5.91. The van der Waals surface area contributed by atoms with E-state index in [4.69, 9.17) is 5.73 Å². The lowest BCUT2D eigenvalue weighted by atomic mass is 10.1. The molecule has 1 amide bonds. The van der Waals surface area contributed by atoms with Crippen LogP contribution in [-0.2, 0) is 11.2 Å². The van der Waals surface area contributed by atoms with Crippen LogP contribution in [0.1, 0.15) is 16.8 Å². The van der Waals surface area contributed by atoms with E-state index in [2.05, 4.69) is 22.1 Å². The van der Waals surface area contributed by atoms with Crippen LogP contribution in [0.2, 0.25) is 0 Å². The van der Waals surface area contributed by atoms with Gasteiger partial charge >= 0.3 is 0 Å². The van der Waals surface area contributed by atoms with Crippen molar-refractivity contribution in [2.75, 3.05) is 11.9 Å². The smallest absolute Gasteiger partial charge is 0.229 e. The highest BCUT2D eigenvalue weighted by Crippen LogP contribution is 2.07. The number of amides is 1. The molecule has 21 heavy (non-hydrogen) atoms. The predicted octanol–water partition coefficient (Wildman–Crippen LogP) is 1.88. The number of pyridine rings is 1. The Kier molecular flexibility index (Phi) is 5.08. The first-order valence-corrected chi connectivity index (χ1v) is 6.69. The molecule has 0 bridgehead atoms.